The van der Waals surface area contributed by atoms with Gasteiger partial charge in [0.1, 0.15) is 0 Å². The maximum atomic E-state index is 12.2. The van der Waals surface area contributed by atoms with Crippen molar-refractivity contribution in [2.75, 3.05) is 45.9 Å². The van der Waals surface area contributed by atoms with Crippen LogP contribution in [0.4, 0.5) is 0 Å². The van der Waals surface area contributed by atoms with E-state index >= 15 is 0 Å². The number of aromatic nitrogens is 2. The van der Waals surface area contributed by atoms with Crippen molar-refractivity contribution in [3.8, 4) is 0 Å². The fourth-order valence-electron chi connectivity index (χ4n) is 3.83. The molecule has 0 atom stereocenters. The van der Waals surface area contributed by atoms with E-state index in [1.807, 2.05) is 11.0 Å². The number of hydrogen-bond acceptors (Lipinski definition) is 5. The first-order valence-electron chi connectivity index (χ1n) is 10.5. The number of hydrogen-bond donors (Lipinski definition) is 0. The SMILES string of the molecule is CC(C)(C)c1ccc(=O)n(CC2CCN(CCN3CCOCCC3=O)CC2)n1. The normalized spacial score (nSPS) is 20.4. The molecule has 156 valence electrons. The second-order valence-corrected chi connectivity index (χ2v) is 9.02. The van der Waals surface area contributed by atoms with Crippen LogP contribution in [-0.2, 0) is 21.5 Å². The van der Waals surface area contributed by atoms with Crippen molar-refractivity contribution in [2.24, 2.45) is 5.92 Å². The summed E-state index contributed by atoms with van der Waals surface area (Å²) in [6.07, 6.45) is 2.62. The predicted molar refractivity (Wildman–Crippen MR) is 108 cm³/mol. The Morgan fingerprint density at radius 1 is 1.07 bits per heavy atom. The molecule has 0 N–H and O–H groups in total. The van der Waals surface area contributed by atoms with Crippen LogP contribution in [0.15, 0.2) is 16.9 Å². The van der Waals surface area contributed by atoms with Crippen LogP contribution in [0.3, 0.4) is 0 Å². The molecule has 0 aromatic carbocycles. The molecule has 0 radical (unpaired) electrons. The maximum Gasteiger partial charge on any atom is 0.266 e. The van der Waals surface area contributed by atoms with Gasteiger partial charge in [0.15, 0.2) is 0 Å². The average Bonchev–Trinajstić information content (AvgIpc) is 2.86. The van der Waals surface area contributed by atoms with Crippen LogP contribution in [0.5, 0.6) is 0 Å². The molecule has 3 rings (SSSR count). The first kappa shape index (κ1) is 21.0. The van der Waals surface area contributed by atoms with Gasteiger partial charge in [-0.2, -0.15) is 5.10 Å². The van der Waals surface area contributed by atoms with Gasteiger partial charge in [0.25, 0.3) is 5.56 Å². The van der Waals surface area contributed by atoms with Gasteiger partial charge in [0.2, 0.25) is 5.91 Å². The van der Waals surface area contributed by atoms with Gasteiger partial charge >= 0.3 is 0 Å². The number of rotatable bonds is 5. The largest absolute Gasteiger partial charge is 0.379 e. The lowest BCUT2D eigenvalue weighted by Gasteiger charge is -2.33. The Morgan fingerprint density at radius 2 is 1.82 bits per heavy atom. The molecular formula is C21H34N4O3. The molecule has 0 bridgehead atoms. The predicted octanol–water partition coefficient (Wildman–Crippen LogP) is 1.50. The van der Waals surface area contributed by atoms with Gasteiger partial charge in [-0.05, 0) is 37.9 Å². The highest BCUT2D eigenvalue weighted by molar-refractivity contribution is 5.76. The van der Waals surface area contributed by atoms with Crippen molar-refractivity contribution >= 4 is 5.91 Å². The Labute approximate surface area is 167 Å². The first-order valence-corrected chi connectivity index (χ1v) is 10.5. The number of likely N-dealkylation sites (tertiary alicyclic amines) is 1. The molecule has 3 heterocycles. The van der Waals surface area contributed by atoms with Gasteiger partial charge in [-0.25, -0.2) is 4.68 Å². The number of nitrogens with zero attached hydrogens (tertiary/aromatic N) is 4. The van der Waals surface area contributed by atoms with Gasteiger partial charge in [-0.3, -0.25) is 9.59 Å². The molecule has 7 nitrogen and oxygen atoms in total. The smallest absolute Gasteiger partial charge is 0.266 e. The second-order valence-electron chi connectivity index (χ2n) is 9.02. The second kappa shape index (κ2) is 9.18. The summed E-state index contributed by atoms with van der Waals surface area (Å²) in [7, 11) is 0. The molecule has 1 amide bonds. The van der Waals surface area contributed by atoms with Gasteiger partial charge in [0.05, 0.1) is 25.3 Å². The Kier molecular flexibility index (Phi) is 6.88. The summed E-state index contributed by atoms with van der Waals surface area (Å²) in [5.41, 5.74) is 0.877. The summed E-state index contributed by atoms with van der Waals surface area (Å²) in [6, 6.07) is 3.49. The Morgan fingerprint density at radius 3 is 2.54 bits per heavy atom. The van der Waals surface area contributed by atoms with E-state index in [0.29, 0.717) is 38.6 Å². The summed E-state index contributed by atoms with van der Waals surface area (Å²) in [4.78, 5) is 28.6. The molecule has 28 heavy (non-hydrogen) atoms. The maximum absolute atomic E-state index is 12.2. The monoisotopic (exact) mass is 390 g/mol. The number of ether oxygens (including phenoxy) is 1. The van der Waals surface area contributed by atoms with Crippen LogP contribution >= 0.6 is 0 Å². The molecule has 1 aromatic rings. The van der Waals surface area contributed by atoms with E-state index in [1.165, 1.54) is 0 Å². The first-order chi connectivity index (χ1) is 13.3. The highest BCUT2D eigenvalue weighted by Crippen LogP contribution is 2.21. The fraction of sp³-hybridized carbons (Fsp3) is 0.762. The van der Waals surface area contributed by atoms with E-state index in [0.717, 1.165) is 44.7 Å². The third kappa shape index (κ3) is 5.64. The van der Waals surface area contributed by atoms with Gasteiger partial charge in [-0.15, -0.1) is 0 Å². The highest BCUT2D eigenvalue weighted by atomic mass is 16.5. The lowest BCUT2D eigenvalue weighted by Crippen LogP contribution is -2.43. The van der Waals surface area contributed by atoms with Crippen molar-refractivity contribution < 1.29 is 9.53 Å². The van der Waals surface area contributed by atoms with E-state index in [1.54, 1.807) is 10.7 Å². The van der Waals surface area contributed by atoms with Gasteiger partial charge in [-0.1, -0.05) is 20.8 Å². The standard InChI is InChI=1S/C21H34N4O3/c1-21(2,3)18-4-5-20(27)25(22-18)16-17-6-9-23(10-7-17)11-12-24-13-15-28-14-8-19(24)26/h4-5,17H,6-16H2,1-3H3. The summed E-state index contributed by atoms with van der Waals surface area (Å²) in [5.74, 6) is 0.682. The number of piperidine rings is 1. The molecule has 0 spiro atoms. The molecular weight excluding hydrogens is 356 g/mol. The van der Waals surface area contributed by atoms with Crippen LogP contribution in [0, 0.1) is 5.92 Å². The lowest BCUT2D eigenvalue weighted by molar-refractivity contribution is -0.130. The van der Waals surface area contributed by atoms with E-state index in [2.05, 4.69) is 30.8 Å². The van der Waals surface area contributed by atoms with Crippen molar-refractivity contribution in [3.05, 3.63) is 28.2 Å². The van der Waals surface area contributed by atoms with Crippen LogP contribution in [0.1, 0.15) is 45.7 Å². The molecule has 0 aliphatic carbocycles. The van der Waals surface area contributed by atoms with Gasteiger partial charge in [0, 0.05) is 37.7 Å². The zero-order valence-corrected chi connectivity index (χ0v) is 17.5. The van der Waals surface area contributed by atoms with E-state index < -0.39 is 0 Å². The minimum Gasteiger partial charge on any atom is -0.379 e. The molecule has 1 aromatic heterocycles. The van der Waals surface area contributed by atoms with Crippen LogP contribution in [-0.4, -0.2) is 71.4 Å². The average molecular weight is 391 g/mol. The topological polar surface area (TPSA) is 67.7 Å². The Hall–Kier alpha value is -1.73. The number of carbonyl (C=O) groups is 1. The molecule has 2 saturated heterocycles. The van der Waals surface area contributed by atoms with E-state index in [4.69, 9.17) is 4.74 Å². The molecule has 2 fully saturated rings. The number of carbonyl (C=O) groups excluding carboxylic acids is 1. The van der Waals surface area contributed by atoms with Crippen LogP contribution in [0.2, 0.25) is 0 Å². The fourth-order valence-corrected chi connectivity index (χ4v) is 3.83. The van der Waals surface area contributed by atoms with Crippen molar-refractivity contribution in [1.82, 2.24) is 19.6 Å². The quantitative estimate of drug-likeness (QED) is 0.762. The summed E-state index contributed by atoms with van der Waals surface area (Å²) in [5, 5.41) is 4.61. The summed E-state index contributed by atoms with van der Waals surface area (Å²) in [6.45, 7) is 12.6. The minimum atomic E-state index is -0.0609. The third-order valence-corrected chi connectivity index (χ3v) is 5.78. The van der Waals surface area contributed by atoms with Crippen molar-refractivity contribution in [3.63, 3.8) is 0 Å². The van der Waals surface area contributed by atoms with Crippen LogP contribution in [0.25, 0.3) is 0 Å². The Balaban J connectivity index is 1.48. The molecule has 2 aliphatic heterocycles. The van der Waals surface area contributed by atoms with Crippen LogP contribution < -0.4 is 5.56 Å². The zero-order chi connectivity index (χ0) is 20.1. The van der Waals surface area contributed by atoms with E-state index in [-0.39, 0.29) is 16.9 Å². The summed E-state index contributed by atoms with van der Waals surface area (Å²) >= 11 is 0. The zero-order valence-electron chi connectivity index (χ0n) is 17.5. The van der Waals surface area contributed by atoms with Crippen molar-refractivity contribution in [1.29, 1.82) is 0 Å². The molecule has 0 unspecified atom stereocenters. The minimum absolute atomic E-state index is 0.0164. The molecule has 7 heteroatoms. The number of amides is 1. The highest BCUT2D eigenvalue weighted by Gasteiger charge is 2.23. The van der Waals surface area contributed by atoms with E-state index in [9.17, 15) is 9.59 Å². The van der Waals surface area contributed by atoms with Crippen molar-refractivity contribution in [2.45, 2.75) is 52.0 Å². The Bertz CT molecular complexity index is 717. The summed E-state index contributed by atoms with van der Waals surface area (Å²) < 4.78 is 7.04. The molecule has 0 saturated carbocycles. The lowest BCUT2D eigenvalue weighted by atomic mass is 9.92. The molecule has 2 aliphatic rings. The third-order valence-electron chi connectivity index (χ3n) is 5.78. The van der Waals surface area contributed by atoms with Gasteiger partial charge < -0.3 is 14.5 Å².